The zero-order valence-electron chi connectivity index (χ0n) is 18.1. The highest BCUT2D eigenvalue weighted by Crippen LogP contribution is 2.27. The lowest BCUT2D eigenvalue weighted by Gasteiger charge is -2.12. The third-order valence-electron chi connectivity index (χ3n) is 5.50. The highest BCUT2D eigenvalue weighted by molar-refractivity contribution is 6.30. The molecule has 8 nitrogen and oxygen atoms in total. The summed E-state index contributed by atoms with van der Waals surface area (Å²) in [6.07, 6.45) is 4.22. The van der Waals surface area contributed by atoms with Gasteiger partial charge in [0.25, 0.3) is 0 Å². The number of rotatable bonds is 9. The molecule has 3 heterocycles. The van der Waals surface area contributed by atoms with Crippen LogP contribution in [0.3, 0.4) is 0 Å². The summed E-state index contributed by atoms with van der Waals surface area (Å²) in [7, 11) is 0. The van der Waals surface area contributed by atoms with E-state index in [1.54, 1.807) is 0 Å². The van der Waals surface area contributed by atoms with Crippen LogP contribution in [0.15, 0.2) is 36.4 Å². The summed E-state index contributed by atoms with van der Waals surface area (Å²) in [5.74, 6) is 2.94. The number of nitrogens with one attached hydrogen (secondary N) is 1. The molecule has 1 unspecified atom stereocenters. The molecule has 0 saturated heterocycles. The fourth-order valence-corrected chi connectivity index (χ4v) is 3.81. The van der Waals surface area contributed by atoms with E-state index in [0.29, 0.717) is 23.4 Å². The minimum Gasteiger partial charge on any atom is -0.297 e. The number of aromatic nitrogens is 8. The van der Waals surface area contributed by atoms with Crippen molar-refractivity contribution in [1.29, 1.82) is 0 Å². The van der Waals surface area contributed by atoms with Gasteiger partial charge in [0.1, 0.15) is 11.0 Å². The first-order chi connectivity index (χ1) is 15.1. The number of hydrogen-bond donors (Lipinski definition) is 1. The van der Waals surface area contributed by atoms with Crippen molar-refractivity contribution in [2.75, 3.05) is 0 Å². The van der Waals surface area contributed by atoms with Crippen LogP contribution in [0.4, 0.5) is 0 Å². The second kappa shape index (κ2) is 9.43. The van der Waals surface area contributed by atoms with Crippen molar-refractivity contribution in [3.8, 4) is 17.2 Å². The average molecular weight is 439 g/mol. The minimum absolute atomic E-state index is 0.374. The molecule has 31 heavy (non-hydrogen) atoms. The maximum atomic E-state index is 6.44. The van der Waals surface area contributed by atoms with Crippen molar-refractivity contribution in [3.63, 3.8) is 0 Å². The Kier molecular flexibility index (Phi) is 6.46. The Morgan fingerprint density at radius 1 is 1.10 bits per heavy atom. The van der Waals surface area contributed by atoms with Crippen molar-refractivity contribution >= 4 is 11.6 Å². The van der Waals surface area contributed by atoms with E-state index in [9.17, 15) is 0 Å². The van der Waals surface area contributed by atoms with Crippen LogP contribution in [0.2, 0.25) is 5.15 Å². The first kappa shape index (κ1) is 21.2. The molecule has 0 aliphatic carbocycles. The monoisotopic (exact) mass is 438 g/mol. The molecule has 0 saturated carbocycles. The predicted molar refractivity (Wildman–Crippen MR) is 120 cm³/mol. The highest BCUT2D eigenvalue weighted by Gasteiger charge is 2.16. The molecule has 4 aromatic rings. The molecule has 1 atom stereocenters. The van der Waals surface area contributed by atoms with E-state index in [1.807, 2.05) is 28.8 Å². The lowest BCUT2D eigenvalue weighted by molar-refractivity contribution is 0.574. The number of aryl methyl sites for hydroxylation is 1. The van der Waals surface area contributed by atoms with Gasteiger partial charge in [-0.1, -0.05) is 50.9 Å². The minimum atomic E-state index is 0.374. The van der Waals surface area contributed by atoms with Gasteiger partial charge in [-0.05, 0) is 53.1 Å². The first-order valence-corrected chi connectivity index (χ1v) is 11.1. The molecule has 0 aliphatic rings. The third-order valence-corrected chi connectivity index (χ3v) is 5.79. The van der Waals surface area contributed by atoms with Crippen LogP contribution >= 0.6 is 11.6 Å². The summed E-state index contributed by atoms with van der Waals surface area (Å²) < 4.78 is 3.97. The standard InChI is InChI=1S/C22H27ClN8/c1-4-6-7-20-24-22(15(3)5-2)30(27-20)14-16-8-10-17(11-9-16)31-18(12-13-19(31)23)21-25-28-29-26-21/h8-13,15H,4-7,14H2,1-3H3,(H,25,26,28,29). The average Bonchev–Trinajstić information content (AvgIpc) is 3.52. The van der Waals surface area contributed by atoms with Gasteiger partial charge < -0.3 is 0 Å². The molecule has 0 radical (unpaired) electrons. The molecule has 0 fully saturated rings. The van der Waals surface area contributed by atoms with Gasteiger partial charge in [0, 0.05) is 18.0 Å². The SMILES string of the molecule is CCCCc1nc(C(C)CC)n(Cc2ccc(-n3c(Cl)ccc3-c3nnn[nH]3)cc2)n1. The Morgan fingerprint density at radius 3 is 2.58 bits per heavy atom. The van der Waals surface area contributed by atoms with Crippen LogP contribution < -0.4 is 0 Å². The van der Waals surface area contributed by atoms with Crippen LogP contribution in [0.1, 0.15) is 63.2 Å². The molecule has 4 rings (SSSR count). The van der Waals surface area contributed by atoms with E-state index in [4.69, 9.17) is 21.7 Å². The van der Waals surface area contributed by atoms with Gasteiger partial charge in [-0.25, -0.2) is 14.8 Å². The summed E-state index contributed by atoms with van der Waals surface area (Å²) >= 11 is 6.44. The molecule has 1 aromatic carbocycles. The number of unbranched alkanes of at least 4 members (excludes halogenated alkanes) is 1. The molecule has 0 aliphatic heterocycles. The third kappa shape index (κ3) is 4.54. The van der Waals surface area contributed by atoms with Crippen LogP contribution in [0.25, 0.3) is 17.2 Å². The molecule has 0 bridgehead atoms. The maximum absolute atomic E-state index is 6.44. The van der Waals surface area contributed by atoms with Crippen LogP contribution in [-0.2, 0) is 13.0 Å². The molecule has 0 spiro atoms. The van der Waals surface area contributed by atoms with Crippen molar-refractivity contribution in [2.24, 2.45) is 0 Å². The number of H-pyrrole nitrogens is 1. The van der Waals surface area contributed by atoms with Gasteiger partial charge in [-0.3, -0.25) is 4.57 Å². The van der Waals surface area contributed by atoms with E-state index in [1.165, 1.54) is 0 Å². The van der Waals surface area contributed by atoms with Gasteiger partial charge in [0.05, 0.1) is 12.2 Å². The molecule has 3 aromatic heterocycles. The van der Waals surface area contributed by atoms with E-state index in [0.717, 1.165) is 54.3 Å². The Hall–Kier alpha value is -3.00. The second-order valence-electron chi connectivity index (χ2n) is 7.75. The molecule has 9 heteroatoms. The summed E-state index contributed by atoms with van der Waals surface area (Å²) in [5.41, 5.74) is 2.90. The molecular weight excluding hydrogens is 412 g/mol. The number of halogens is 1. The highest BCUT2D eigenvalue weighted by atomic mass is 35.5. The Balaban J connectivity index is 1.59. The summed E-state index contributed by atoms with van der Waals surface area (Å²) in [5, 5.41) is 19.5. The van der Waals surface area contributed by atoms with E-state index >= 15 is 0 Å². The Morgan fingerprint density at radius 2 is 1.90 bits per heavy atom. The fourth-order valence-electron chi connectivity index (χ4n) is 3.56. The normalized spacial score (nSPS) is 12.4. The topological polar surface area (TPSA) is 90.1 Å². The van der Waals surface area contributed by atoms with Gasteiger partial charge in [0.15, 0.2) is 11.6 Å². The molecule has 162 valence electrons. The summed E-state index contributed by atoms with van der Waals surface area (Å²) in [6, 6.07) is 12.0. The largest absolute Gasteiger partial charge is 0.297 e. The zero-order valence-corrected chi connectivity index (χ0v) is 18.8. The first-order valence-electron chi connectivity index (χ1n) is 10.7. The van der Waals surface area contributed by atoms with E-state index in [2.05, 4.69) is 58.2 Å². The maximum Gasteiger partial charge on any atom is 0.196 e. The quantitative estimate of drug-likeness (QED) is 0.405. The van der Waals surface area contributed by atoms with Gasteiger partial charge >= 0.3 is 0 Å². The summed E-state index contributed by atoms with van der Waals surface area (Å²) in [4.78, 5) is 4.83. The number of hydrogen-bond acceptors (Lipinski definition) is 5. The van der Waals surface area contributed by atoms with E-state index < -0.39 is 0 Å². The Labute approximate surface area is 186 Å². The number of nitrogens with zero attached hydrogens (tertiary/aromatic N) is 7. The van der Waals surface area contributed by atoms with Crippen molar-refractivity contribution in [3.05, 3.63) is 58.8 Å². The second-order valence-corrected chi connectivity index (χ2v) is 8.14. The van der Waals surface area contributed by atoms with Crippen molar-refractivity contribution in [1.82, 2.24) is 40.0 Å². The predicted octanol–water partition coefficient (Wildman–Crippen LogP) is 4.81. The van der Waals surface area contributed by atoms with Gasteiger partial charge in [-0.2, -0.15) is 5.10 Å². The number of tetrazole rings is 1. The van der Waals surface area contributed by atoms with Gasteiger partial charge in [0.2, 0.25) is 0 Å². The lowest BCUT2D eigenvalue weighted by atomic mass is 10.1. The lowest BCUT2D eigenvalue weighted by Crippen LogP contribution is -2.09. The number of benzene rings is 1. The van der Waals surface area contributed by atoms with E-state index in [-0.39, 0.29) is 0 Å². The number of aromatic amines is 1. The fraction of sp³-hybridized carbons (Fsp3) is 0.409. The zero-order chi connectivity index (χ0) is 21.8. The Bertz CT molecular complexity index is 1110. The molecular formula is C22H27ClN8. The van der Waals surface area contributed by atoms with Crippen LogP contribution in [0, 0.1) is 0 Å². The van der Waals surface area contributed by atoms with Gasteiger partial charge in [-0.15, -0.1) is 5.10 Å². The smallest absolute Gasteiger partial charge is 0.196 e. The molecule has 1 N–H and O–H groups in total. The van der Waals surface area contributed by atoms with Crippen LogP contribution in [0.5, 0.6) is 0 Å². The van der Waals surface area contributed by atoms with Crippen molar-refractivity contribution in [2.45, 2.75) is 58.9 Å². The summed E-state index contributed by atoms with van der Waals surface area (Å²) in [6.45, 7) is 7.28. The van der Waals surface area contributed by atoms with Crippen molar-refractivity contribution < 1.29 is 0 Å². The molecule has 0 amide bonds. The van der Waals surface area contributed by atoms with Crippen LogP contribution in [-0.4, -0.2) is 40.0 Å².